The second-order valence-electron chi connectivity index (χ2n) is 4.31. The van der Waals surface area contributed by atoms with E-state index in [9.17, 15) is 13.2 Å². The van der Waals surface area contributed by atoms with Crippen LogP contribution in [0.2, 0.25) is 0 Å². The van der Waals surface area contributed by atoms with Crippen LogP contribution in [0.15, 0.2) is 42.5 Å². The van der Waals surface area contributed by atoms with Gasteiger partial charge in [-0.1, -0.05) is 18.2 Å². The van der Waals surface area contributed by atoms with Gasteiger partial charge < -0.3 is 5.32 Å². The van der Waals surface area contributed by atoms with Crippen molar-refractivity contribution in [1.29, 1.82) is 0 Å². The van der Waals surface area contributed by atoms with Crippen molar-refractivity contribution in [3.8, 4) is 0 Å². The van der Waals surface area contributed by atoms with Crippen molar-refractivity contribution in [2.24, 2.45) is 0 Å². The zero-order chi connectivity index (χ0) is 13.8. The van der Waals surface area contributed by atoms with Crippen LogP contribution in [-0.4, -0.2) is 7.05 Å². The molecule has 0 heterocycles. The third-order valence-corrected chi connectivity index (χ3v) is 3.03. The minimum Gasteiger partial charge on any atom is -0.313 e. The molecule has 1 atom stereocenters. The molecule has 0 aliphatic carbocycles. The smallest absolute Gasteiger partial charge is 0.130 e. The van der Waals surface area contributed by atoms with Gasteiger partial charge in [-0.2, -0.15) is 0 Å². The topological polar surface area (TPSA) is 12.0 Å². The monoisotopic (exact) mass is 265 g/mol. The molecule has 0 spiro atoms. The third kappa shape index (κ3) is 3.15. The highest BCUT2D eigenvalue weighted by atomic mass is 19.1. The van der Waals surface area contributed by atoms with Gasteiger partial charge in [0.2, 0.25) is 0 Å². The normalized spacial score (nSPS) is 12.4. The number of likely N-dealkylation sites (N-methyl/N-ethyl adjacent to an activating group) is 1. The molecule has 2 rings (SSSR count). The second kappa shape index (κ2) is 5.89. The fourth-order valence-electron chi connectivity index (χ4n) is 2.09. The molecule has 0 aromatic heterocycles. The Labute approximate surface area is 110 Å². The lowest BCUT2D eigenvalue weighted by Crippen LogP contribution is -2.21. The first kappa shape index (κ1) is 13.6. The average molecular weight is 265 g/mol. The van der Waals surface area contributed by atoms with Crippen molar-refractivity contribution in [2.75, 3.05) is 7.05 Å². The first-order valence-electron chi connectivity index (χ1n) is 5.97. The zero-order valence-corrected chi connectivity index (χ0v) is 10.5. The van der Waals surface area contributed by atoms with Gasteiger partial charge in [0.15, 0.2) is 0 Å². The van der Waals surface area contributed by atoms with E-state index in [1.165, 1.54) is 30.3 Å². The summed E-state index contributed by atoms with van der Waals surface area (Å²) in [5.41, 5.74) is 0.663. The highest BCUT2D eigenvalue weighted by Crippen LogP contribution is 2.24. The van der Waals surface area contributed by atoms with Gasteiger partial charge in [0.25, 0.3) is 0 Å². The largest absolute Gasteiger partial charge is 0.313 e. The summed E-state index contributed by atoms with van der Waals surface area (Å²) < 4.78 is 40.5. The maximum absolute atomic E-state index is 13.7. The summed E-state index contributed by atoms with van der Waals surface area (Å²) in [6.45, 7) is 0. The van der Waals surface area contributed by atoms with Crippen molar-refractivity contribution in [3.63, 3.8) is 0 Å². The fraction of sp³-hybridized carbons (Fsp3) is 0.200. The average Bonchev–Trinajstić information content (AvgIpc) is 2.37. The van der Waals surface area contributed by atoms with Gasteiger partial charge in [0.05, 0.1) is 0 Å². The van der Waals surface area contributed by atoms with E-state index in [4.69, 9.17) is 0 Å². The van der Waals surface area contributed by atoms with Gasteiger partial charge in [-0.15, -0.1) is 0 Å². The quantitative estimate of drug-likeness (QED) is 0.890. The van der Waals surface area contributed by atoms with Crippen molar-refractivity contribution < 1.29 is 13.2 Å². The van der Waals surface area contributed by atoms with Crippen LogP contribution in [-0.2, 0) is 6.42 Å². The lowest BCUT2D eigenvalue weighted by molar-refractivity contribution is 0.488. The summed E-state index contributed by atoms with van der Waals surface area (Å²) in [5.74, 6) is -1.56. The lowest BCUT2D eigenvalue weighted by atomic mass is 9.98. The summed E-state index contributed by atoms with van der Waals surface area (Å²) in [7, 11) is 1.62. The van der Waals surface area contributed by atoms with Crippen molar-refractivity contribution in [1.82, 2.24) is 5.32 Å². The number of halogens is 3. The molecular weight excluding hydrogens is 251 g/mol. The number of hydrogen-bond acceptors (Lipinski definition) is 1. The molecule has 1 nitrogen and oxygen atoms in total. The molecule has 1 unspecified atom stereocenters. The molecule has 0 bridgehead atoms. The molecular formula is C15H14F3N. The van der Waals surface area contributed by atoms with Gasteiger partial charge in [0.1, 0.15) is 17.5 Å². The molecule has 1 N–H and O–H groups in total. The molecule has 0 saturated heterocycles. The summed E-state index contributed by atoms with van der Waals surface area (Å²) in [5, 5.41) is 2.87. The third-order valence-electron chi connectivity index (χ3n) is 3.03. The van der Waals surface area contributed by atoms with E-state index in [2.05, 4.69) is 5.32 Å². The molecule has 0 aliphatic rings. The van der Waals surface area contributed by atoms with E-state index in [0.717, 1.165) is 0 Å². The van der Waals surface area contributed by atoms with Crippen molar-refractivity contribution in [3.05, 3.63) is 71.0 Å². The van der Waals surface area contributed by atoms with Crippen LogP contribution in [0.3, 0.4) is 0 Å². The van der Waals surface area contributed by atoms with E-state index in [1.807, 2.05) is 0 Å². The Kier molecular flexibility index (Phi) is 4.22. The molecule has 2 aromatic rings. The Morgan fingerprint density at radius 3 is 2.21 bits per heavy atom. The second-order valence-corrected chi connectivity index (χ2v) is 4.31. The number of benzene rings is 2. The minimum atomic E-state index is -0.601. The Morgan fingerprint density at radius 2 is 1.63 bits per heavy atom. The standard InChI is InChI=1S/C15H14F3N/c1-19-14(9-10-4-2-5-11(16)8-10)15-12(17)6-3-7-13(15)18/h2-8,14,19H,9H2,1H3. The highest BCUT2D eigenvalue weighted by molar-refractivity contribution is 5.26. The predicted octanol–water partition coefficient (Wildman–Crippen LogP) is 3.61. The van der Waals surface area contributed by atoms with Crippen molar-refractivity contribution in [2.45, 2.75) is 12.5 Å². The summed E-state index contributed by atoms with van der Waals surface area (Å²) >= 11 is 0. The van der Waals surface area contributed by atoms with Crippen LogP contribution < -0.4 is 5.32 Å². The molecule has 0 fully saturated rings. The summed E-state index contributed by atoms with van der Waals surface area (Å²) in [4.78, 5) is 0. The van der Waals surface area contributed by atoms with Crippen molar-refractivity contribution >= 4 is 0 Å². The molecule has 4 heteroatoms. The van der Waals surface area contributed by atoms with Crippen LogP contribution in [0.4, 0.5) is 13.2 Å². The summed E-state index contributed by atoms with van der Waals surface area (Å²) in [6, 6.07) is 9.22. The molecule has 0 amide bonds. The van der Waals surface area contributed by atoms with Crippen LogP contribution in [0.1, 0.15) is 17.2 Å². The van der Waals surface area contributed by atoms with E-state index in [0.29, 0.717) is 12.0 Å². The highest BCUT2D eigenvalue weighted by Gasteiger charge is 2.19. The minimum absolute atomic E-state index is 0.0192. The van der Waals surface area contributed by atoms with E-state index in [-0.39, 0.29) is 11.4 Å². The Morgan fingerprint density at radius 1 is 1.00 bits per heavy atom. The summed E-state index contributed by atoms with van der Waals surface area (Å²) in [6.07, 6.45) is 0.312. The first-order valence-corrected chi connectivity index (χ1v) is 5.97. The molecule has 2 aromatic carbocycles. The van der Waals surface area contributed by atoms with Crippen LogP contribution in [0, 0.1) is 17.5 Å². The van der Waals surface area contributed by atoms with Gasteiger partial charge in [-0.05, 0) is 43.3 Å². The first-order chi connectivity index (χ1) is 9.11. The van der Waals surface area contributed by atoms with Gasteiger partial charge in [-0.25, -0.2) is 13.2 Å². The maximum atomic E-state index is 13.7. The van der Waals surface area contributed by atoms with Crippen LogP contribution >= 0.6 is 0 Å². The van der Waals surface area contributed by atoms with E-state index >= 15 is 0 Å². The van der Waals surface area contributed by atoms with Gasteiger partial charge in [-0.3, -0.25) is 0 Å². The molecule has 0 saturated carbocycles. The molecule has 100 valence electrons. The Hall–Kier alpha value is -1.81. The lowest BCUT2D eigenvalue weighted by Gasteiger charge is -2.18. The Balaban J connectivity index is 2.30. The number of rotatable bonds is 4. The van der Waals surface area contributed by atoms with E-state index in [1.54, 1.807) is 19.2 Å². The molecule has 0 aliphatic heterocycles. The number of hydrogen-bond donors (Lipinski definition) is 1. The molecule has 19 heavy (non-hydrogen) atoms. The van der Waals surface area contributed by atoms with Gasteiger partial charge >= 0.3 is 0 Å². The maximum Gasteiger partial charge on any atom is 0.130 e. The Bertz CT molecular complexity index is 549. The van der Waals surface area contributed by atoms with Crippen LogP contribution in [0.5, 0.6) is 0 Å². The van der Waals surface area contributed by atoms with Gasteiger partial charge in [0, 0.05) is 11.6 Å². The fourth-order valence-corrected chi connectivity index (χ4v) is 2.09. The zero-order valence-electron chi connectivity index (χ0n) is 10.5. The SMILES string of the molecule is CNC(Cc1cccc(F)c1)c1c(F)cccc1F. The number of nitrogens with one attached hydrogen (secondary N) is 1. The predicted molar refractivity (Wildman–Crippen MR) is 68.3 cm³/mol. The molecule has 0 radical (unpaired) electrons. The van der Waals surface area contributed by atoms with Crippen LogP contribution in [0.25, 0.3) is 0 Å². The van der Waals surface area contributed by atoms with E-state index < -0.39 is 17.7 Å².